The Labute approximate surface area is 89.9 Å². The number of thiol groups is 1. The molecule has 0 unspecified atom stereocenters. The molecule has 0 bridgehead atoms. The van der Waals surface area contributed by atoms with Gasteiger partial charge in [0.2, 0.25) is 0 Å². The average molecular weight is 202 g/mol. The maximum Gasteiger partial charge on any atom is 0.0249 e. The summed E-state index contributed by atoms with van der Waals surface area (Å²) in [5.41, 5.74) is 0.449. The molecule has 0 atom stereocenters. The molecule has 0 spiro atoms. The maximum atomic E-state index is 4.97. The fourth-order valence-corrected chi connectivity index (χ4v) is 2.86. The van der Waals surface area contributed by atoms with Gasteiger partial charge in [0.1, 0.15) is 0 Å². The van der Waals surface area contributed by atoms with Crippen molar-refractivity contribution < 1.29 is 0 Å². The minimum atomic E-state index is 0.0694. The second-order valence-corrected chi connectivity index (χ2v) is 7.13. The maximum absolute atomic E-state index is 4.97. The van der Waals surface area contributed by atoms with Crippen LogP contribution in [0.3, 0.4) is 0 Å². The lowest BCUT2D eigenvalue weighted by Crippen LogP contribution is -2.52. The van der Waals surface area contributed by atoms with Gasteiger partial charge in [-0.25, -0.2) is 0 Å². The van der Waals surface area contributed by atoms with E-state index in [0.717, 1.165) is 0 Å². The van der Waals surface area contributed by atoms with Gasteiger partial charge in [0.25, 0.3) is 0 Å². The van der Waals surface area contributed by atoms with Crippen LogP contribution in [-0.2, 0) is 0 Å². The van der Waals surface area contributed by atoms with Crippen molar-refractivity contribution in [1.29, 1.82) is 0 Å². The lowest BCUT2D eigenvalue weighted by atomic mass is 9.61. The zero-order chi connectivity index (χ0) is 11.1. The number of hydrogen-bond donors (Lipinski definition) is 1. The van der Waals surface area contributed by atoms with E-state index >= 15 is 0 Å². The molecule has 0 saturated carbocycles. The number of hydrogen-bond acceptors (Lipinski definition) is 1. The van der Waals surface area contributed by atoms with E-state index in [4.69, 9.17) is 12.6 Å². The van der Waals surface area contributed by atoms with Gasteiger partial charge >= 0.3 is 0 Å². The van der Waals surface area contributed by atoms with Gasteiger partial charge in [-0.1, -0.05) is 55.4 Å². The summed E-state index contributed by atoms with van der Waals surface area (Å²) >= 11 is 4.97. The zero-order valence-corrected chi connectivity index (χ0v) is 11.4. The van der Waals surface area contributed by atoms with E-state index in [1.807, 2.05) is 0 Å². The summed E-state index contributed by atoms with van der Waals surface area (Å²) in [7, 11) is 0. The third-order valence-corrected chi connectivity index (χ3v) is 4.98. The molecule has 0 saturated heterocycles. The molecule has 0 amide bonds. The predicted octanol–water partition coefficient (Wildman–Crippen LogP) is 4.40. The Kier molecular flexibility index (Phi) is 3.58. The van der Waals surface area contributed by atoms with Gasteiger partial charge in [0.15, 0.2) is 0 Å². The van der Waals surface area contributed by atoms with Crippen LogP contribution in [0.1, 0.15) is 55.4 Å². The van der Waals surface area contributed by atoms with Gasteiger partial charge in [-0.05, 0) is 16.7 Å². The van der Waals surface area contributed by atoms with E-state index in [-0.39, 0.29) is 15.6 Å². The Bertz CT molecular complexity index is 153. The van der Waals surface area contributed by atoms with E-state index in [2.05, 4.69) is 55.4 Å². The lowest BCUT2D eigenvalue weighted by molar-refractivity contribution is 0.0987. The van der Waals surface area contributed by atoms with Crippen LogP contribution < -0.4 is 0 Å². The first-order valence-corrected chi connectivity index (χ1v) is 5.61. The van der Waals surface area contributed by atoms with Crippen LogP contribution in [0.15, 0.2) is 0 Å². The van der Waals surface area contributed by atoms with Gasteiger partial charge in [-0.3, -0.25) is 0 Å². The van der Waals surface area contributed by atoms with Crippen molar-refractivity contribution in [2.24, 2.45) is 16.7 Å². The highest BCUT2D eigenvalue weighted by molar-refractivity contribution is 7.82. The molecule has 1 heteroatoms. The molecule has 0 heterocycles. The van der Waals surface area contributed by atoms with Crippen LogP contribution in [0.4, 0.5) is 0 Å². The fraction of sp³-hybridized carbons (Fsp3) is 1.00. The largest absolute Gasteiger partial charge is 0.171 e. The molecule has 0 aliphatic carbocycles. The SMILES string of the molecule is CC(C)C(S)(C(C)(C)C)C(C)(C)C. The summed E-state index contributed by atoms with van der Waals surface area (Å²) in [6, 6.07) is 0. The smallest absolute Gasteiger partial charge is 0.0249 e. The zero-order valence-electron chi connectivity index (χ0n) is 10.5. The van der Waals surface area contributed by atoms with Gasteiger partial charge in [0.05, 0.1) is 0 Å². The number of rotatable bonds is 1. The molecule has 0 fully saturated rings. The first-order chi connectivity index (χ1) is 5.44. The molecule has 0 aliphatic rings. The second kappa shape index (κ2) is 3.49. The molecule has 0 aromatic carbocycles. The summed E-state index contributed by atoms with van der Waals surface area (Å²) in [4.78, 5) is 0. The van der Waals surface area contributed by atoms with Crippen molar-refractivity contribution in [3.8, 4) is 0 Å². The van der Waals surface area contributed by atoms with Crippen LogP contribution in [0.2, 0.25) is 0 Å². The van der Waals surface area contributed by atoms with E-state index in [0.29, 0.717) is 5.92 Å². The lowest BCUT2D eigenvalue weighted by Gasteiger charge is -2.53. The molecule has 0 aromatic heterocycles. The molecule has 0 N–H and O–H groups in total. The first-order valence-electron chi connectivity index (χ1n) is 5.17. The Balaban J connectivity index is 5.22. The highest BCUT2D eigenvalue weighted by atomic mass is 32.1. The van der Waals surface area contributed by atoms with E-state index in [1.165, 1.54) is 0 Å². The normalized spacial score (nSPS) is 15.2. The highest BCUT2D eigenvalue weighted by Gasteiger charge is 2.49. The Morgan fingerprint density at radius 2 is 1.00 bits per heavy atom. The van der Waals surface area contributed by atoms with Crippen molar-refractivity contribution >= 4 is 12.6 Å². The summed E-state index contributed by atoms with van der Waals surface area (Å²) in [5, 5.41) is 0. The van der Waals surface area contributed by atoms with Gasteiger partial charge < -0.3 is 0 Å². The highest BCUT2D eigenvalue weighted by Crippen LogP contribution is 2.53. The first kappa shape index (κ1) is 13.4. The molecule has 0 aromatic rings. The van der Waals surface area contributed by atoms with Crippen LogP contribution in [0.5, 0.6) is 0 Å². The summed E-state index contributed by atoms with van der Waals surface area (Å²) in [6.07, 6.45) is 0. The average Bonchev–Trinajstić information content (AvgIpc) is 1.80. The minimum Gasteiger partial charge on any atom is -0.171 e. The molecule has 0 nitrogen and oxygen atoms in total. The quantitative estimate of drug-likeness (QED) is 0.599. The Morgan fingerprint density at radius 3 is 1.00 bits per heavy atom. The molecule has 0 radical (unpaired) electrons. The van der Waals surface area contributed by atoms with Crippen molar-refractivity contribution in [3.05, 3.63) is 0 Å². The minimum absolute atomic E-state index is 0.0694. The Morgan fingerprint density at radius 1 is 0.769 bits per heavy atom. The van der Waals surface area contributed by atoms with E-state index in [9.17, 15) is 0 Å². The third kappa shape index (κ3) is 2.23. The van der Waals surface area contributed by atoms with Crippen LogP contribution in [0, 0.1) is 16.7 Å². The third-order valence-electron chi connectivity index (χ3n) is 3.12. The van der Waals surface area contributed by atoms with Gasteiger partial charge in [0, 0.05) is 4.75 Å². The molecule has 0 rings (SSSR count). The Hall–Kier alpha value is 0.350. The monoisotopic (exact) mass is 202 g/mol. The standard InChI is InChI=1S/C12H26S/c1-9(2)12(13,10(3,4)5)11(6,7)8/h9,13H,1-8H3. The van der Waals surface area contributed by atoms with Crippen LogP contribution in [-0.4, -0.2) is 4.75 Å². The summed E-state index contributed by atoms with van der Waals surface area (Å²) in [5.74, 6) is 0.579. The summed E-state index contributed by atoms with van der Waals surface area (Å²) in [6.45, 7) is 18.2. The molecule has 0 aliphatic heterocycles. The fourth-order valence-electron chi connectivity index (χ4n) is 2.86. The van der Waals surface area contributed by atoms with Crippen molar-refractivity contribution in [2.75, 3.05) is 0 Å². The van der Waals surface area contributed by atoms with Crippen molar-refractivity contribution in [1.82, 2.24) is 0 Å². The van der Waals surface area contributed by atoms with E-state index in [1.54, 1.807) is 0 Å². The van der Waals surface area contributed by atoms with Crippen LogP contribution >= 0.6 is 12.6 Å². The summed E-state index contributed by atoms with van der Waals surface area (Å²) < 4.78 is 0.0694. The van der Waals surface area contributed by atoms with Crippen LogP contribution in [0.25, 0.3) is 0 Å². The van der Waals surface area contributed by atoms with Crippen molar-refractivity contribution in [2.45, 2.75) is 60.1 Å². The predicted molar refractivity (Wildman–Crippen MR) is 65.5 cm³/mol. The molecular formula is C12H26S. The van der Waals surface area contributed by atoms with Gasteiger partial charge in [-0.2, -0.15) is 12.6 Å². The molecule has 13 heavy (non-hydrogen) atoms. The molecule has 80 valence electrons. The topological polar surface area (TPSA) is 0 Å². The molecular weight excluding hydrogens is 176 g/mol. The van der Waals surface area contributed by atoms with Crippen molar-refractivity contribution in [3.63, 3.8) is 0 Å². The van der Waals surface area contributed by atoms with Gasteiger partial charge in [-0.15, -0.1) is 0 Å². The second-order valence-electron chi connectivity index (χ2n) is 6.42. The van der Waals surface area contributed by atoms with E-state index < -0.39 is 0 Å².